The summed E-state index contributed by atoms with van der Waals surface area (Å²) < 4.78 is 5.50. The number of aliphatic hydroxyl groups is 1. The molecule has 1 heterocycles. The van der Waals surface area contributed by atoms with Crippen molar-refractivity contribution in [3.05, 3.63) is 94.6 Å². The van der Waals surface area contributed by atoms with E-state index in [1.165, 1.54) is 18.1 Å². The number of methoxy groups -OCH3 is 1. The van der Waals surface area contributed by atoms with Gasteiger partial charge in [-0.1, -0.05) is 48.0 Å². The Morgan fingerprint density at radius 2 is 1.66 bits per heavy atom. The van der Waals surface area contributed by atoms with E-state index in [2.05, 4.69) is 0 Å². The van der Waals surface area contributed by atoms with E-state index in [-0.39, 0.29) is 22.8 Å². The van der Waals surface area contributed by atoms with Crippen LogP contribution in [0.2, 0.25) is 0 Å². The topological polar surface area (TPSA) is 87.1 Å². The minimum Gasteiger partial charge on any atom is -0.507 e. The minimum atomic E-state index is -0.987. The molecule has 6 nitrogen and oxygen atoms in total. The van der Waals surface area contributed by atoms with Crippen molar-refractivity contribution in [3.63, 3.8) is 0 Å². The molecule has 1 atom stereocenters. The third-order valence-electron chi connectivity index (χ3n) is 5.67. The first-order valence-electron chi connectivity index (χ1n) is 10.1. The summed E-state index contributed by atoms with van der Waals surface area (Å²) in [5, 5.41) is 21.8. The summed E-state index contributed by atoms with van der Waals surface area (Å²) in [4.78, 5) is 27.7. The predicted octanol–water partition coefficient (Wildman–Crippen LogP) is 4.64. The van der Waals surface area contributed by atoms with Gasteiger partial charge >= 0.3 is 0 Å². The number of anilines is 1. The van der Waals surface area contributed by atoms with Crippen molar-refractivity contribution in [3.8, 4) is 11.5 Å². The Kier molecular flexibility index (Phi) is 5.45. The lowest BCUT2D eigenvalue weighted by molar-refractivity contribution is -0.132. The molecular weight excluding hydrogens is 406 g/mol. The van der Waals surface area contributed by atoms with Gasteiger partial charge < -0.3 is 14.9 Å². The summed E-state index contributed by atoms with van der Waals surface area (Å²) in [5.74, 6) is -1.64. The maximum absolute atomic E-state index is 13.3. The molecule has 1 unspecified atom stereocenters. The van der Waals surface area contributed by atoms with Crippen LogP contribution in [0, 0.1) is 13.8 Å². The van der Waals surface area contributed by atoms with Crippen molar-refractivity contribution in [1.29, 1.82) is 0 Å². The van der Waals surface area contributed by atoms with E-state index >= 15 is 0 Å². The quantitative estimate of drug-likeness (QED) is 0.358. The minimum absolute atomic E-state index is 0.0588. The van der Waals surface area contributed by atoms with Crippen molar-refractivity contribution >= 4 is 23.1 Å². The van der Waals surface area contributed by atoms with Crippen LogP contribution in [0.3, 0.4) is 0 Å². The highest BCUT2D eigenvalue weighted by Gasteiger charge is 2.48. The molecule has 4 rings (SSSR count). The summed E-state index contributed by atoms with van der Waals surface area (Å²) in [7, 11) is 1.50. The lowest BCUT2D eigenvalue weighted by Gasteiger charge is -2.27. The van der Waals surface area contributed by atoms with Crippen LogP contribution in [0.4, 0.5) is 5.69 Å². The SMILES string of the molecule is COc1ccccc1C1/C(=C(\O)c2cc(C)ccc2C)C(=O)C(=O)N1c1ccccc1O. The number of para-hydroxylation sites is 3. The van der Waals surface area contributed by atoms with Crippen LogP contribution < -0.4 is 9.64 Å². The summed E-state index contributed by atoms with van der Waals surface area (Å²) in [6, 6.07) is 17.8. The first kappa shape index (κ1) is 21.2. The molecule has 162 valence electrons. The number of rotatable bonds is 4. The molecule has 32 heavy (non-hydrogen) atoms. The maximum Gasteiger partial charge on any atom is 0.300 e. The fourth-order valence-electron chi connectivity index (χ4n) is 4.07. The number of phenols is 1. The van der Waals surface area contributed by atoms with Gasteiger partial charge in [0.15, 0.2) is 0 Å². The third kappa shape index (κ3) is 3.39. The van der Waals surface area contributed by atoms with Crippen LogP contribution in [-0.2, 0) is 9.59 Å². The normalized spacial score (nSPS) is 17.6. The van der Waals surface area contributed by atoms with Gasteiger partial charge in [0.2, 0.25) is 0 Å². The maximum atomic E-state index is 13.3. The average molecular weight is 429 g/mol. The first-order valence-corrected chi connectivity index (χ1v) is 10.1. The number of ketones is 1. The zero-order valence-corrected chi connectivity index (χ0v) is 18.0. The number of aryl methyl sites for hydroxylation is 2. The summed E-state index contributed by atoms with van der Waals surface area (Å²) >= 11 is 0. The summed E-state index contributed by atoms with van der Waals surface area (Å²) in [6.07, 6.45) is 0. The second-order valence-electron chi connectivity index (χ2n) is 7.72. The van der Waals surface area contributed by atoms with Crippen LogP contribution in [0.25, 0.3) is 5.76 Å². The molecule has 3 aromatic rings. The molecule has 0 aliphatic carbocycles. The highest BCUT2D eigenvalue weighted by atomic mass is 16.5. The van der Waals surface area contributed by atoms with Crippen LogP contribution >= 0.6 is 0 Å². The van der Waals surface area contributed by atoms with E-state index in [0.29, 0.717) is 16.9 Å². The molecule has 0 radical (unpaired) electrons. The van der Waals surface area contributed by atoms with Crippen molar-refractivity contribution in [2.24, 2.45) is 0 Å². The summed E-state index contributed by atoms with van der Waals surface area (Å²) in [5.41, 5.74) is 2.77. The second-order valence-corrected chi connectivity index (χ2v) is 7.72. The van der Waals surface area contributed by atoms with Gasteiger partial charge in [-0.25, -0.2) is 0 Å². The Morgan fingerprint density at radius 3 is 2.38 bits per heavy atom. The highest BCUT2D eigenvalue weighted by molar-refractivity contribution is 6.52. The number of phenolic OH excluding ortho intramolecular Hbond substituents is 1. The lowest BCUT2D eigenvalue weighted by atomic mass is 9.92. The molecule has 1 aliphatic heterocycles. The Balaban J connectivity index is 2.04. The second kappa shape index (κ2) is 8.23. The van der Waals surface area contributed by atoms with Crippen LogP contribution in [0.5, 0.6) is 11.5 Å². The number of hydrogen-bond donors (Lipinski definition) is 2. The van der Waals surface area contributed by atoms with Crippen molar-refractivity contribution in [2.45, 2.75) is 19.9 Å². The Labute approximate surface area is 186 Å². The predicted molar refractivity (Wildman–Crippen MR) is 122 cm³/mol. The van der Waals surface area contributed by atoms with E-state index in [1.807, 2.05) is 26.0 Å². The highest BCUT2D eigenvalue weighted by Crippen LogP contribution is 2.47. The number of hydrogen-bond acceptors (Lipinski definition) is 5. The van der Waals surface area contributed by atoms with Gasteiger partial charge in [-0.05, 0) is 43.7 Å². The van der Waals surface area contributed by atoms with Gasteiger partial charge in [-0.2, -0.15) is 0 Å². The Morgan fingerprint density at radius 1 is 0.969 bits per heavy atom. The number of aromatic hydroxyl groups is 1. The molecule has 1 aliphatic rings. The van der Waals surface area contributed by atoms with Crippen molar-refractivity contribution in [1.82, 2.24) is 0 Å². The number of carbonyl (C=O) groups excluding carboxylic acids is 2. The monoisotopic (exact) mass is 429 g/mol. The van der Waals surface area contributed by atoms with Crippen LogP contribution in [0.15, 0.2) is 72.3 Å². The van der Waals surface area contributed by atoms with Gasteiger partial charge in [0.1, 0.15) is 17.3 Å². The lowest BCUT2D eigenvalue weighted by Crippen LogP contribution is -2.29. The molecule has 0 spiro atoms. The number of amides is 1. The fourth-order valence-corrected chi connectivity index (χ4v) is 4.07. The van der Waals surface area contributed by atoms with Crippen LogP contribution in [-0.4, -0.2) is 29.0 Å². The number of nitrogens with zero attached hydrogens (tertiary/aromatic N) is 1. The average Bonchev–Trinajstić information content (AvgIpc) is 3.05. The van der Waals surface area contributed by atoms with Crippen molar-refractivity contribution < 1.29 is 24.5 Å². The Hall–Kier alpha value is -4.06. The van der Waals surface area contributed by atoms with E-state index in [4.69, 9.17) is 4.74 Å². The smallest absolute Gasteiger partial charge is 0.300 e. The number of benzene rings is 3. The van der Waals surface area contributed by atoms with Gasteiger partial charge in [-0.15, -0.1) is 0 Å². The molecular formula is C26H23NO5. The Bertz CT molecular complexity index is 1260. The molecule has 0 bridgehead atoms. The largest absolute Gasteiger partial charge is 0.507 e. The number of ether oxygens (including phenoxy) is 1. The molecule has 0 aromatic heterocycles. The van der Waals surface area contributed by atoms with Crippen molar-refractivity contribution in [2.75, 3.05) is 12.0 Å². The molecule has 1 amide bonds. The molecule has 0 saturated carbocycles. The van der Waals surface area contributed by atoms with Gasteiger partial charge in [-0.3, -0.25) is 14.5 Å². The zero-order valence-electron chi connectivity index (χ0n) is 18.0. The van der Waals surface area contributed by atoms with Crippen LogP contribution in [0.1, 0.15) is 28.3 Å². The van der Waals surface area contributed by atoms with E-state index in [1.54, 1.807) is 48.5 Å². The van der Waals surface area contributed by atoms with Gasteiger partial charge in [0.25, 0.3) is 11.7 Å². The number of Topliss-reactive ketones (excluding diaryl/α,β-unsaturated/α-hetero) is 1. The molecule has 3 aromatic carbocycles. The third-order valence-corrected chi connectivity index (χ3v) is 5.67. The van der Waals surface area contributed by atoms with E-state index in [0.717, 1.165) is 11.1 Å². The summed E-state index contributed by atoms with van der Waals surface area (Å²) in [6.45, 7) is 3.71. The number of carbonyl (C=O) groups is 2. The molecule has 6 heteroatoms. The van der Waals surface area contributed by atoms with Gasteiger partial charge in [0.05, 0.1) is 24.4 Å². The first-order chi connectivity index (χ1) is 15.3. The molecule has 1 fully saturated rings. The zero-order chi connectivity index (χ0) is 23.0. The molecule has 1 saturated heterocycles. The fraction of sp³-hybridized carbons (Fsp3) is 0.154. The van der Waals surface area contributed by atoms with E-state index < -0.39 is 17.7 Å². The standard InChI is InChI=1S/C26H23NO5/c1-15-12-13-16(2)18(14-15)24(29)22-23(17-8-4-7-11-21(17)32-3)27(26(31)25(22)30)19-9-5-6-10-20(19)28/h4-14,23,28-29H,1-3H3/b24-22+. The molecule has 2 N–H and O–H groups in total. The van der Waals surface area contributed by atoms with E-state index in [9.17, 15) is 19.8 Å². The number of aliphatic hydroxyl groups excluding tert-OH is 1. The van der Waals surface area contributed by atoms with Gasteiger partial charge in [0, 0.05) is 11.1 Å².